The van der Waals surface area contributed by atoms with Gasteiger partial charge in [0.1, 0.15) is 0 Å². The van der Waals surface area contributed by atoms with Gasteiger partial charge in [-0.05, 0) is 101 Å². The van der Waals surface area contributed by atoms with E-state index in [2.05, 4.69) is 73.3 Å². The summed E-state index contributed by atoms with van der Waals surface area (Å²) in [7, 11) is 0. The van der Waals surface area contributed by atoms with Gasteiger partial charge in [0.05, 0.1) is 10.8 Å². The van der Waals surface area contributed by atoms with Gasteiger partial charge in [-0.25, -0.2) is 0 Å². The van der Waals surface area contributed by atoms with E-state index in [1.165, 1.54) is 103 Å². The van der Waals surface area contributed by atoms with Crippen molar-refractivity contribution in [2.45, 2.75) is 179 Å². The maximum Gasteiger partial charge on any atom is 1.00 e. The molecule has 2 aromatic rings. The van der Waals surface area contributed by atoms with E-state index in [9.17, 15) is 0 Å². The Balaban J connectivity index is 0.000000210. The topological polar surface area (TPSA) is 65.8 Å². The summed E-state index contributed by atoms with van der Waals surface area (Å²) in [5, 5.41) is 8.38. The van der Waals surface area contributed by atoms with Crippen molar-refractivity contribution in [1.82, 2.24) is 9.19 Å². The zero-order chi connectivity index (χ0) is 34.8. The minimum absolute atomic E-state index is 0. The third-order valence-corrected chi connectivity index (χ3v) is 17.0. The number of fused-ring (bicyclic) bond motifs is 12. The van der Waals surface area contributed by atoms with Gasteiger partial charge in [-0.3, -0.25) is 0 Å². The SMILES string of the molecule is C1CCOC1.C1CCOC1.C1CCOC1.CC1(C)[C@@H]2CC[C@@]1(C)c1[nH+]n([B-]3(n4cc5c([nH+]4)[C@@]4(C)CC[C@@H]5C4(C)C)C4CCCC3CCC4)cc12.[K+]. The summed E-state index contributed by atoms with van der Waals surface area (Å²) in [6.45, 7) is 21.2. The van der Waals surface area contributed by atoms with Crippen molar-refractivity contribution < 1.29 is 75.8 Å². The van der Waals surface area contributed by atoms with Gasteiger partial charge in [0, 0.05) is 63.2 Å². The van der Waals surface area contributed by atoms with E-state index < -0.39 is 6.42 Å². The first-order chi connectivity index (χ1) is 24.1. The van der Waals surface area contributed by atoms with E-state index in [0.29, 0.717) is 22.7 Å². The average Bonchev–Trinajstić information content (AvgIpc) is 3.96. The summed E-state index contributed by atoms with van der Waals surface area (Å²) in [5.41, 5.74) is 7.79. The average molecular weight is 729 g/mol. The summed E-state index contributed by atoms with van der Waals surface area (Å²) >= 11 is 0. The van der Waals surface area contributed by atoms with Crippen molar-refractivity contribution >= 4 is 6.42 Å². The molecule has 11 rings (SSSR count). The van der Waals surface area contributed by atoms with Crippen LogP contribution in [0.2, 0.25) is 11.6 Å². The van der Waals surface area contributed by atoms with Crippen molar-refractivity contribution in [3.63, 3.8) is 0 Å². The Labute approximate surface area is 352 Å². The molecule has 9 heteroatoms. The molecule has 7 nitrogen and oxygen atoms in total. The molecule has 0 spiro atoms. The van der Waals surface area contributed by atoms with Gasteiger partial charge in [-0.15, -0.1) is 11.6 Å². The van der Waals surface area contributed by atoms with Crippen LogP contribution in [0, 0.1) is 10.8 Å². The van der Waals surface area contributed by atoms with Gasteiger partial charge < -0.3 is 23.4 Å². The first-order valence-corrected chi connectivity index (χ1v) is 21.3. The number of H-pyrrole nitrogens is 2. The molecule has 4 aliphatic carbocycles. The van der Waals surface area contributed by atoms with Crippen molar-refractivity contribution in [3.05, 3.63) is 34.9 Å². The van der Waals surface area contributed by atoms with E-state index in [1.54, 1.807) is 22.5 Å². The molecule has 4 atom stereocenters. The third kappa shape index (κ3) is 6.14. The molecule has 0 aromatic carbocycles. The Bertz CT molecular complexity index is 1360. The van der Waals surface area contributed by atoms with Gasteiger partial charge in [0.25, 0.3) is 0 Å². The Morgan fingerprint density at radius 3 is 1.14 bits per heavy atom. The van der Waals surface area contributed by atoms with Crippen LogP contribution in [0.1, 0.15) is 179 Å². The van der Waals surface area contributed by atoms with Crippen LogP contribution in [0.25, 0.3) is 0 Å². The van der Waals surface area contributed by atoms with E-state index in [-0.39, 0.29) is 62.2 Å². The molecule has 0 unspecified atom stereocenters. The van der Waals surface area contributed by atoms with Gasteiger partial charge >= 0.3 is 57.8 Å². The molecule has 278 valence electrons. The van der Waals surface area contributed by atoms with Gasteiger partial charge in [-0.2, -0.15) is 10.2 Å². The molecule has 7 fully saturated rings. The van der Waals surface area contributed by atoms with Crippen molar-refractivity contribution in [2.75, 3.05) is 39.6 Å². The molecule has 2 aromatic heterocycles. The molecule has 51 heavy (non-hydrogen) atoms. The van der Waals surface area contributed by atoms with Gasteiger partial charge in [0.15, 0.2) is 0 Å². The van der Waals surface area contributed by atoms with E-state index in [4.69, 9.17) is 14.2 Å². The molecular weight excluding hydrogens is 658 g/mol. The fourth-order valence-corrected chi connectivity index (χ4v) is 13.2. The molecule has 5 aliphatic heterocycles. The molecule has 0 amide bonds. The Morgan fingerprint density at radius 1 is 0.529 bits per heavy atom. The third-order valence-electron chi connectivity index (χ3n) is 17.0. The second-order valence-electron chi connectivity index (χ2n) is 19.5. The van der Waals surface area contributed by atoms with Crippen LogP contribution in [0.4, 0.5) is 0 Å². The fraction of sp³-hybridized carbons (Fsp3) is 0.857. The Kier molecular flexibility index (Phi) is 11.7. The van der Waals surface area contributed by atoms with Crippen molar-refractivity contribution in [2.24, 2.45) is 10.8 Å². The quantitative estimate of drug-likeness (QED) is 0.378. The Morgan fingerprint density at radius 2 is 0.863 bits per heavy atom. The second-order valence-corrected chi connectivity index (χ2v) is 19.5. The zero-order valence-electron chi connectivity index (χ0n) is 33.7. The summed E-state index contributed by atoms with van der Waals surface area (Å²) in [6.07, 6.45) is 25.8. The molecule has 2 N–H and O–H groups in total. The number of ether oxygens (including phenoxy) is 3. The van der Waals surface area contributed by atoms with Crippen LogP contribution in [-0.2, 0) is 25.0 Å². The van der Waals surface area contributed by atoms with Crippen LogP contribution in [0.5, 0.6) is 0 Å². The predicted molar refractivity (Wildman–Crippen MR) is 200 cm³/mol. The number of nitrogens with zero attached hydrogens (tertiary/aromatic N) is 2. The number of hydrogen-bond donors (Lipinski definition) is 0. The standard InChI is InChI=1S/C30H44BN4.3C4H8O.K/c1-27(2)23-13-15-29(27,5)25-21(23)17-34(32-25)31(19-9-7-10-20(31)12-8-11-19)35-18-22-24-14-16-30(6,26(22)33-35)28(24,3)4;3*1-2-4-5-3-1;/h17-20,23-24H,7-16H2,1-6H3;3*1-4H2;/q-1;;;;+1/p+2/t19?,20?,23-,24+,29+,30-,31?;;;;. The summed E-state index contributed by atoms with van der Waals surface area (Å²) in [6, 6.07) is 0. The molecule has 7 heterocycles. The summed E-state index contributed by atoms with van der Waals surface area (Å²) in [5.74, 6) is 2.97. The number of rotatable bonds is 2. The maximum atomic E-state index is 4.94. The van der Waals surface area contributed by atoms with Crippen LogP contribution in [-0.4, -0.2) is 55.2 Å². The molecular formula is C42H70BKN4O3+2. The van der Waals surface area contributed by atoms with Crippen LogP contribution in [0.3, 0.4) is 0 Å². The number of aromatic amines is 2. The first kappa shape index (κ1) is 39.2. The fourth-order valence-electron chi connectivity index (χ4n) is 13.2. The summed E-state index contributed by atoms with van der Waals surface area (Å²) < 4.78 is 20.3. The van der Waals surface area contributed by atoms with Gasteiger partial charge in [-0.1, -0.05) is 66.2 Å². The maximum absolute atomic E-state index is 4.94. The van der Waals surface area contributed by atoms with Crippen LogP contribution >= 0.6 is 0 Å². The van der Waals surface area contributed by atoms with Crippen LogP contribution in [0.15, 0.2) is 12.4 Å². The molecule has 6 bridgehead atoms. The molecule has 2 saturated carbocycles. The number of hydrogen-bond acceptors (Lipinski definition) is 3. The largest absolute Gasteiger partial charge is 1.00 e. The van der Waals surface area contributed by atoms with E-state index in [0.717, 1.165) is 51.3 Å². The monoisotopic (exact) mass is 729 g/mol. The molecule has 0 radical (unpaired) electrons. The zero-order valence-corrected chi connectivity index (χ0v) is 36.8. The number of nitrogens with one attached hydrogen (secondary N) is 2. The minimum Gasteiger partial charge on any atom is -0.381 e. The minimum atomic E-state index is -0.927. The predicted octanol–water partition coefficient (Wildman–Crippen LogP) is 5.61. The molecule has 9 aliphatic rings. The number of aromatic nitrogens is 4. The van der Waals surface area contributed by atoms with E-state index >= 15 is 0 Å². The smallest absolute Gasteiger partial charge is 0.381 e. The van der Waals surface area contributed by atoms with Crippen LogP contribution < -0.4 is 61.6 Å². The van der Waals surface area contributed by atoms with E-state index in [1.807, 2.05) is 0 Å². The molecule has 5 saturated heterocycles. The van der Waals surface area contributed by atoms with Crippen molar-refractivity contribution in [3.8, 4) is 0 Å². The first-order valence-electron chi connectivity index (χ1n) is 21.3. The van der Waals surface area contributed by atoms with Crippen molar-refractivity contribution in [1.29, 1.82) is 0 Å². The second kappa shape index (κ2) is 15.2. The Hall–Kier alpha value is 0.00130. The summed E-state index contributed by atoms with van der Waals surface area (Å²) in [4.78, 5) is 0. The normalized spacial score (nSPS) is 38.4. The van der Waals surface area contributed by atoms with Gasteiger partial charge in [0.2, 0.25) is 11.4 Å².